The number of rotatable bonds is 8. The molecule has 0 saturated heterocycles. The minimum atomic E-state index is 0.114. The summed E-state index contributed by atoms with van der Waals surface area (Å²) < 4.78 is 17.5. The molecule has 2 atom stereocenters. The van der Waals surface area contributed by atoms with Gasteiger partial charge in [-0.2, -0.15) is 0 Å². The standard InChI is InChI=1S/C13H25IO3/c1-12-4-3-5-13(10-12,11-14)17-9-8-16-7-6-15-2/h12H,3-11H2,1-2H3. The van der Waals surface area contributed by atoms with Crippen molar-refractivity contribution in [3.05, 3.63) is 0 Å². The first kappa shape index (κ1) is 15.7. The second-order valence-corrected chi connectivity index (χ2v) is 5.73. The van der Waals surface area contributed by atoms with E-state index in [0.29, 0.717) is 26.4 Å². The van der Waals surface area contributed by atoms with Crippen LogP contribution in [-0.4, -0.2) is 43.6 Å². The molecule has 0 aromatic heterocycles. The molecule has 0 aromatic carbocycles. The van der Waals surface area contributed by atoms with Gasteiger partial charge in [0.25, 0.3) is 0 Å². The summed E-state index contributed by atoms with van der Waals surface area (Å²) in [6.45, 7) is 5.04. The highest BCUT2D eigenvalue weighted by Gasteiger charge is 2.34. The van der Waals surface area contributed by atoms with Gasteiger partial charge < -0.3 is 14.2 Å². The zero-order valence-corrected chi connectivity index (χ0v) is 13.2. The van der Waals surface area contributed by atoms with E-state index in [1.807, 2.05) is 0 Å². The van der Waals surface area contributed by atoms with E-state index in [1.54, 1.807) is 7.11 Å². The van der Waals surface area contributed by atoms with Crippen LogP contribution in [0.1, 0.15) is 32.6 Å². The number of hydrogen-bond acceptors (Lipinski definition) is 3. The van der Waals surface area contributed by atoms with Gasteiger partial charge in [-0.1, -0.05) is 42.4 Å². The number of ether oxygens (including phenoxy) is 3. The van der Waals surface area contributed by atoms with Gasteiger partial charge >= 0.3 is 0 Å². The summed E-state index contributed by atoms with van der Waals surface area (Å²) in [7, 11) is 1.69. The van der Waals surface area contributed by atoms with Crippen molar-refractivity contribution in [1.82, 2.24) is 0 Å². The van der Waals surface area contributed by atoms with Crippen LogP contribution in [0.3, 0.4) is 0 Å². The van der Waals surface area contributed by atoms with Gasteiger partial charge in [-0.05, 0) is 18.8 Å². The third-order valence-corrected chi connectivity index (χ3v) is 4.75. The zero-order valence-electron chi connectivity index (χ0n) is 11.0. The molecule has 102 valence electrons. The fraction of sp³-hybridized carbons (Fsp3) is 1.00. The van der Waals surface area contributed by atoms with Crippen molar-refractivity contribution in [1.29, 1.82) is 0 Å². The van der Waals surface area contributed by atoms with Gasteiger partial charge in [0.05, 0.1) is 32.0 Å². The largest absolute Gasteiger partial charge is 0.382 e. The van der Waals surface area contributed by atoms with E-state index in [-0.39, 0.29) is 5.60 Å². The first-order valence-corrected chi connectivity index (χ1v) is 8.01. The average molecular weight is 356 g/mol. The maximum absolute atomic E-state index is 6.10. The molecule has 0 spiro atoms. The lowest BCUT2D eigenvalue weighted by Gasteiger charge is -2.38. The molecule has 0 amide bonds. The predicted octanol–water partition coefficient (Wildman–Crippen LogP) is 3.05. The highest BCUT2D eigenvalue weighted by atomic mass is 127. The lowest BCUT2D eigenvalue weighted by molar-refractivity contribution is -0.0824. The molecule has 0 N–H and O–H groups in total. The Hall–Kier alpha value is 0.610. The monoisotopic (exact) mass is 356 g/mol. The van der Waals surface area contributed by atoms with Crippen molar-refractivity contribution >= 4 is 22.6 Å². The Morgan fingerprint density at radius 3 is 2.65 bits per heavy atom. The summed E-state index contributed by atoms with van der Waals surface area (Å²) in [4.78, 5) is 0. The van der Waals surface area contributed by atoms with Gasteiger partial charge in [-0.15, -0.1) is 0 Å². The van der Waals surface area contributed by atoms with Gasteiger partial charge in [-0.3, -0.25) is 0 Å². The van der Waals surface area contributed by atoms with E-state index in [2.05, 4.69) is 29.5 Å². The molecule has 1 aliphatic rings. The molecule has 17 heavy (non-hydrogen) atoms. The average Bonchev–Trinajstić information content (AvgIpc) is 2.34. The topological polar surface area (TPSA) is 27.7 Å². The highest BCUT2D eigenvalue weighted by Crippen LogP contribution is 2.36. The van der Waals surface area contributed by atoms with Crippen LogP contribution in [0, 0.1) is 5.92 Å². The highest BCUT2D eigenvalue weighted by molar-refractivity contribution is 14.1. The van der Waals surface area contributed by atoms with Crippen molar-refractivity contribution in [3.63, 3.8) is 0 Å². The normalized spacial score (nSPS) is 29.5. The van der Waals surface area contributed by atoms with E-state index >= 15 is 0 Å². The zero-order chi connectivity index (χ0) is 12.6. The van der Waals surface area contributed by atoms with Gasteiger partial charge in [0.15, 0.2) is 0 Å². The lowest BCUT2D eigenvalue weighted by Crippen LogP contribution is -2.40. The van der Waals surface area contributed by atoms with E-state index in [4.69, 9.17) is 14.2 Å². The SMILES string of the molecule is COCCOCCOC1(CI)CCCC(C)C1. The fourth-order valence-electron chi connectivity index (χ4n) is 2.46. The molecule has 3 nitrogen and oxygen atoms in total. The van der Waals surface area contributed by atoms with Crippen LogP contribution in [0.5, 0.6) is 0 Å². The van der Waals surface area contributed by atoms with Crippen LogP contribution in [0.15, 0.2) is 0 Å². The molecule has 0 bridgehead atoms. The predicted molar refractivity (Wildman–Crippen MR) is 77.9 cm³/mol. The first-order chi connectivity index (χ1) is 8.22. The van der Waals surface area contributed by atoms with Crippen LogP contribution in [-0.2, 0) is 14.2 Å². The number of halogens is 1. The smallest absolute Gasteiger partial charge is 0.0775 e. The van der Waals surface area contributed by atoms with Gasteiger partial charge in [0.2, 0.25) is 0 Å². The molecule has 0 aliphatic heterocycles. The summed E-state index contributed by atoms with van der Waals surface area (Å²) in [6.07, 6.45) is 5.06. The maximum atomic E-state index is 6.10. The quantitative estimate of drug-likeness (QED) is 0.380. The molecule has 1 aliphatic carbocycles. The minimum Gasteiger partial charge on any atom is -0.382 e. The van der Waals surface area contributed by atoms with E-state index in [1.165, 1.54) is 25.7 Å². The molecule has 4 heteroatoms. The first-order valence-electron chi connectivity index (χ1n) is 6.49. The second kappa shape index (κ2) is 8.67. The number of alkyl halides is 1. The summed E-state index contributed by atoms with van der Waals surface area (Å²) >= 11 is 2.46. The van der Waals surface area contributed by atoms with Crippen molar-refractivity contribution < 1.29 is 14.2 Å². The van der Waals surface area contributed by atoms with Crippen LogP contribution < -0.4 is 0 Å². The van der Waals surface area contributed by atoms with Gasteiger partial charge in [0.1, 0.15) is 0 Å². The van der Waals surface area contributed by atoms with Crippen molar-refractivity contribution in [2.45, 2.75) is 38.2 Å². The Labute approximate surface area is 119 Å². The number of hydrogen-bond donors (Lipinski definition) is 0. The van der Waals surface area contributed by atoms with Crippen molar-refractivity contribution in [3.8, 4) is 0 Å². The Kier molecular flexibility index (Phi) is 7.99. The molecule has 1 rings (SSSR count). The molecule has 1 saturated carbocycles. The molecular formula is C13H25IO3. The Morgan fingerprint density at radius 1 is 1.24 bits per heavy atom. The maximum Gasteiger partial charge on any atom is 0.0775 e. The van der Waals surface area contributed by atoms with Crippen LogP contribution in [0.25, 0.3) is 0 Å². The third-order valence-electron chi connectivity index (χ3n) is 3.36. The van der Waals surface area contributed by atoms with Gasteiger partial charge in [-0.25, -0.2) is 0 Å². The van der Waals surface area contributed by atoms with E-state index < -0.39 is 0 Å². The second-order valence-electron chi connectivity index (χ2n) is 4.97. The van der Waals surface area contributed by atoms with Crippen molar-refractivity contribution in [2.24, 2.45) is 5.92 Å². The molecule has 2 unspecified atom stereocenters. The summed E-state index contributed by atoms with van der Waals surface area (Å²) in [5.41, 5.74) is 0.114. The molecule has 1 fully saturated rings. The number of methoxy groups -OCH3 is 1. The summed E-state index contributed by atoms with van der Waals surface area (Å²) in [5.74, 6) is 0.799. The van der Waals surface area contributed by atoms with Crippen molar-refractivity contribution in [2.75, 3.05) is 38.0 Å². The summed E-state index contributed by atoms with van der Waals surface area (Å²) in [6, 6.07) is 0. The molecule has 0 heterocycles. The van der Waals surface area contributed by atoms with Gasteiger partial charge in [0, 0.05) is 11.5 Å². The van der Waals surface area contributed by atoms with Crippen LogP contribution >= 0.6 is 22.6 Å². The van der Waals surface area contributed by atoms with E-state index in [0.717, 1.165) is 10.3 Å². The van der Waals surface area contributed by atoms with Crippen LogP contribution in [0.4, 0.5) is 0 Å². The Bertz CT molecular complexity index is 201. The van der Waals surface area contributed by atoms with Crippen LogP contribution in [0.2, 0.25) is 0 Å². The Morgan fingerprint density at radius 2 is 2.00 bits per heavy atom. The fourth-order valence-corrected chi connectivity index (χ4v) is 3.38. The molecular weight excluding hydrogens is 331 g/mol. The lowest BCUT2D eigenvalue weighted by atomic mass is 9.80. The Balaban J connectivity index is 2.17. The van der Waals surface area contributed by atoms with E-state index in [9.17, 15) is 0 Å². The molecule has 0 radical (unpaired) electrons. The molecule has 0 aromatic rings. The summed E-state index contributed by atoms with van der Waals surface area (Å²) in [5, 5.41) is 0. The minimum absolute atomic E-state index is 0.114. The third kappa shape index (κ3) is 5.85.